The molecule has 108 valence electrons. The molecule has 20 heavy (non-hydrogen) atoms. The fourth-order valence-electron chi connectivity index (χ4n) is 2.34. The maximum absolute atomic E-state index is 11.8. The number of methoxy groups -OCH3 is 1. The van der Waals surface area contributed by atoms with E-state index in [1.807, 2.05) is 36.0 Å². The molecule has 0 saturated carbocycles. The van der Waals surface area contributed by atoms with Crippen LogP contribution in [-0.4, -0.2) is 35.4 Å². The summed E-state index contributed by atoms with van der Waals surface area (Å²) in [6.45, 7) is 2.64. The maximum atomic E-state index is 11.8. The molecule has 2 aromatic rings. The Morgan fingerprint density at radius 2 is 2.20 bits per heavy atom. The molecule has 5 nitrogen and oxygen atoms in total. The number of nitrogens with one attached hydrogen (secondary N) is 1. The number of aromatic nitrogens is 2. The molecule has 0 bridgehead atoms. The maximum Gasteiger partial charge on any atom is 0.325 e. The number of esters is 1. The van der Waals surface area contributed by atoms with Crippen molar-refractivity contribution in [2.75, 3.05) is 14.2 Å². The Labute approximate surface area is 118 Å². The molecule has 1 atom stereocenters. The Morgan fingerprint density at radius 3 is 2.90 bits per heavy atom. The molecular formula is C15H21N3O2. The van der Waals surface area contributed by atoms with Crippen LogP contribution in [0, 0.1) is 0 Å². The third-order valence-electron chi connectivity index (χ3n) is 3.79. The van der Waals surface area contributed by atoms with E-state index in [0.717, 1.165) is 23.9 Å². The van der Waals surface area contributed by atoms with Gasteiger partial charge in [-0.15, -0.1) is 0 Å². The van der Waals surface area contributed by atoms with Crippen LogP contribution in [0.4, 0.5) is 0 Å². The zero-order chi connectivity index (χ0) is 14.6. The van der Waals surface area contributed by atoms with Gasteiger partial charge in [-0.1, -0.05) is 18.2 Å². The minimum absolute atomic E-state index is 0.231. The largest absolute Gasteiger partial charge is 0.468 e. The van der Waals surface area contributed by atoms with E-state index in [9.17, 15) is 4.79 Å². The van der Waals surface area contributed by atoms with Crippen LogP contribution >= 0.6 is 0 Å². The molecule has 1 unspecified atom stereocenters. The van der Waals surface area contributed by atoms with Gasteiger partial charge in [-0.2, -0.15) is 5.10 Å². The van der Waals surface area contributed by atoms with Gasteiger partial charge in [-0.3, -0.25) is 9.48 Å². The van der Waals surface area contributed by atoms with Crippen molar-refractivity contribution in [3.05, 3.63) is 30.5 Å². The van der Waals surface area contributed by atoms with Crippen LogP contribution in [0.3, 0.4) is 0 Å². The van der Waals surface area contributed by atoms with Gasteiger partial charge in [-0.25, -0.2) is 0 Å². The minimum Gasteiger partial charge on any atom is -0.468 e. The van der Waals surface area contributed by atoms with E-state index >= 15 is 0 Å². The van der Waals surface area contributed by atoms with Crippen molar-refractivity contribution in [2.45, 2.75) is 31.8 Å². The number of rotatable bonds is 6. The van der Waals surface area contributed by atoms with Gasteiger partial charge in [0.15, 0.2) is 0 Å². The number of aryl methyl sites for hydroxylation is 1. The van der Waals surface area contributed by atoms with E-state index in [1.165, 1.54) is 7.11 Å². The van der Waals surface area contributed by atoms with Crippen molar-refractivity contribution >= 4 is 16.9 Å². The van der Waals surface area contributed by atoms with E-state index in [2.05, 4.69) is 16.5 Å². The third kappa shape index (κ3) is 2.82. The van der Waals surface area contributed by atoms with E-state index in [1.54, 1.807) is 7.05 Å². The number of hydrogen-bond acceptors (Lipinski definition) is 4. The summed E-state index contributed by atoms with van der Waals surface area (Å²) in [5, 5.41) is 8.56. The SMILES string of the molecule is CNC(C)(CCCn1ncc2ccccc21)C(=O)OC. The number of fused-ring (bicyclic) bond motifs is 1. The first kappa shape index (κ1) is 14.5. The van der Waals surface area contributed by atoms with Gasteiger partial charge in [-0.05, 0) is 32.9 Å². The summed E-state index contributed by atoms with van der Waals surface area (Å²) < 4.78 is 6.82. The first-order valence-electron chi connectivity index (χ1n) is 6.78. The summed E-state index contributed by atoms with van der Waals surface area (Å²) in [5.74, 6) is -0.231. The molecule has 0 aliphatic heterocycles. The Bertz CT molecular complexity index is 594. The molecule has 1 aromatic carbocycles. The predicted molar refractivity (Wildman–Crippen MR) is 78.4 cm³/mol. The van der Waals surface area contributed by atoms with Crippen LogP contribution < -0.4 is 5.32 Å². The number of para-hydroxylation sites is 1. The molecular weight excluding hydrogens is 254 g/mol. The van der Waals surface area contributed by atoms with Gasteiger partial charge >= 0.3 is 5.97 Å². The molecule has 1 aromatic heterocycles. The van der Waals surface area contributed by atoms with Gasteiger partial charge in [0.05, 0.1) is 18.8 Å². The lowest BCUT2D eigenvalue weighted by atomic mass is 9.96. The van der Waals surface area contributed by atoms with Crippen molar-refractivity contribution in [3.8, 4) is 0 Å². The average Bonchev–Trinajstić information content (AvgIpc) is 2.89. The lowest BCUT2D eigenvalue weighted by molar-refractivity contribution is -0.148. The average molecular weight is 275 g/mol. The molecule has 1 heterocycles. The van der Waals surface area contributed by atoms with Crippen molar-refractivity contribution in [3.63, 3.8) is 0 Å². The summed E-state index contributed by atoms with van der Waals surface area (Å²) in [7, 11) is 3.19. The number of hydrogen-bond donors (Lipinski definition) is 1. The summed E-state index contributed by atoms with van der Waals surface area (Å²) >= 11 is 0. The van der Waals surface area contributed by atoms with E-state index in [4.69, 9.17) is 4.74 Å². The summed E-state index contributed by atoms with van der Waals surface area (Å²) in [6.07, 6.45) is 3.41. The normalized spacial score (nSPS) is 14.2. The first-order valence-corrected chi connectivity index (χ1v) is 6.78. The molecule has 2 rings (SSSR count). The number of likely N-dealkylation sites (N-methyl/N-ethyl adjacent to an activating group) is 1. The monoisotopic (exact) mass is 275 g/mol. The van der Waals surface area contributed by atoms with Crippen molar-refractivity contribution in [1.82, 2.24) is 15.1 Å². The Balaban J connectivity index is 2.00. The van der Waals surface area contributed by atoms with E-state index in [0.29, 0.717) is 6.42 Å². The summed E-state index contributed by atoms with van der Waals surface area (Å²) in [5.41, 5.74) is 0.481. The molecule has 0 aliphatic rings. The van der Waals surface area contributed by atoms with Gasteiger partial charge in [0.1, 0.15) is 5.54 Å². The predicted octanol–water partition coefficient (Wildman–Crippen LogP) is 1.97. The Morgan fingerprint density at radius 1 is 1.45 bits per heavy atom. The van der Waals surface area contributed by atoms with Crippen molar-refractivity contribution in [2.24, 2.45) is 0 Å². The minimum atomic E-state index is -0.641. The Kier molecular flexibility index (Phi) is 4.39. The van der Waals surface area contributed by atoms with Crippen LogP contribution in [0.25, 0.3) is 10.9 Å². The molecule has 0 spiro atoms. The number of carbonyl (C=O) groups excluding carboxylic acids is 1. The highest BCUT2D eigenvalue weighted by Gasteiger charge is 2.31. The molecule has 5 heteroatoms. The number of carbonyl (C=O) groups is 1. The Hall–Kier alpha value is -1.88. The molecule has 0 aliphatic carbocycles. The topological polar surface area (TPSA) is 56.2 Å². The zero-order valence-corrected chi connectivity index (χ0v) is 12.2. The third-order valence-corrected chi connectivity index (χ3v) is 3.79. The van der Waals surface area contributed by atoms with E-state index < -0.39 is 5.54 Å². The van der Waals surface area contributed by atoms with Crippen LogP contribution in [0.1, 0.15) is 19.8 Å². The summed E-state index contributed by atoms with van der Waals surface area (Å²) in [6, 6.07) is 8.11. The van der Waals surface area contributed by atoms with Crippen LogP contribution in [0.5, 0.6) is 0 Å². The van der Waals surface area contributed by atoms with Gasteiger partial charge in [0.2, 0.25) is 0 Å². The first-order chi connectivity index (χ1) is 9.60. The molecule has 0 saturated heterocycles. The highest BCUT2D eigenvalue weighted by molar-refractivity contribution is 5.80. The van der Waals surface area contributed by atoms with Crippen LogP contribution in [0.15, 0.2) is 30.5 Å². The number of ether oxygens (including phenoxy) is 1. The molecule has 0 amide bonds. The van der Waals surface area contributed by atoms with Gasteiger partial charge in [0.25, 0.3) is 0 Å². The standard InChI is InChI=1S/C15H21N3O2/c1-15(16-2,14(19)20-3)9-6-10-18-13-8-5-4-7-12(13)11-17-18/h4-5,7-8,11,16H,6,9-10H2,1-3H3. The molecule has 0 fully saturated rings. The highest BCUT2D eigenvalue weighted by atomic mass is 16.5. The number of benzene rings is 1. The second-order valence-corrected chi connectivity index (χ2v) is 5.10. The second kappa shape index (κ2) is 6.05. The van der Waals surface area contributed by atoms with Gasteiger partial charge in [0, 0.05) is 11.9 Å². The highest BCUT2D eigenvalue weighted by Crippen LogP contribution is 2.17. The lowest BCUT2D eigenvalue weighted by Gasteiger charge is -2.25. The lowest BCUT2D eigenvalue weighted by Crippen LogP contribution is -2.48. The smallest absolute Gasteiger partial charge is 0.325 e. The summed E-state index contributed by atoms with van der Waals surface area (Å²) in [4.78, 5) is 11.8. The number of nitrogens with zero attached hydrogens (tertiary/aromatic N) is 2. The quantitative estimate of drug-likeness (QED) is 0.819. The van der Waals surface area contributed by atoms with Gasteiger partial charge < -0.3 is 10.1 Å². The van der Waals surface area contributed by atoms with E-state index in [-0.39, 0.29) is 5.97 Å². The van der Waals surface area contributed by atoms with Crippen molar-refractivity contribution in [1.29, 1.82) is 0 Å². The second-order valence-electron chi connectivity index (χ2n) is 5.10. The fourth-order valence-corrected chi connectivity index (χ4v) is 2.34. The fraction of sp³-hybridized carbons (Fsp3) is 0.467. The van der Waals surface area contributed by atoms with Crippen LogP contribution in [0.2, 0.25) is 0 Å². The van der Waals surface area contributed by atoms with Crippen LogP contribution in [-0.2, 0) is 16.1 Å². The van der Waals surface area contributed by atoms with Crippen molar-refractivity contribution < 1.29 is 9.53 Å². The molecule has 1 N–H and O–H groups in total. The molecule has 0 radical (unpaired) electrons. The zero-order valence-electron chi connectivity index (χ0n) is 12.2.